The number of amides is 1. The Morgan fingerprint density at radius 2 is 1.79 bits per heavy atom. The summed E-state index contributed by atoms with van der Waals surface area (Å²) < 4.78 is 0. The van der Waals surface area contributed by atoms with Crippen molar-refractivity contribution in [1.82, 2.24) is 15.1 Å². The van der Waals surface area contributed by atoms with Gasteiger partial charge in [-0.2, -0.15) is 0 Å². The number of rotatable bonds is 8. The molecule has 4 nitrogen and oxygen atoms in total. The van der Waals surface area contributed by atoms with Gasteiger partial charge in [0.2, 0.25) is 5.91 Å². The highest BCUT2D eigenvalue weighted by atomic mass is 35.5. The quantitative estimate of drug-likeness (QED) is 0.735. The lowest BCUT2D eigenvalue weighted by molar-refractivity contribution is -0.137. The molecule has 1 rings (SSSR count). The van der Waals surface area contributed by atoms with Gasteiger partial charge < -0.3 is 15.1 Å². The average Bonchev–Trinajstić information content (AvgIpc) is 2.25. The highest BCUT2D eigenvalue weighted by molar-refractivity contribution is 5.85. The zero-order valence-electron chi connectivity index (χ0n) is 12.8. The first kappa shape index (κ1) is 18.7. The van der Waals surface area contributed by atoms with Crippen LogP contribution in [0.1, 0.15) is 27.7 Å². The van der Waals surface area contributed by atoms with Crippen LogP contribution in [0.4, 0.5) is 0 Å². The van der Waals surface area contributed by atoms with Crippen LogP contribution >= 0.6 is 12.4 Å². The summed E-state index contributed by atoms with van der Waals surface area (Å²) in [7, 11) is 0. The molecule has 0 radical (unpaired) electrons. The van der Waals surface area contributed by atoms with Gasteiger partial charge in [-0.1, -0.05) is 27.7 Å². The molecular formula is C14H30ClN3O. The molecule has 1 heterocycles. The van der Waals surface area contributed by atoms with Crippen molar-refractivity contribution in [2.45, 2.75) is 27.7 Å². The van der Waals surface area contributed by atoms with E-state index in [1.165, 1.54) is 0 Å². The average molecular weight is 292 g/mol. The molecule has 0 aliphatic carbocycles. The lowest BCUT2D eigenvalue weighted by atomic mass is 10.0. The number of hydrogen-bond acceptors (Lipinski definition) is 3. The van der Waals surface area contributed by atoms with E-state index in [0.717, 1.165) is 45.8 Å². The fraction of sp³-hybridized carbons (Fsp3) is 0.929. The Kier molecular flexibility index (Phi) is 9.40. The van der Waals surface area contributed by atoms with E-state index in [9.17, 15) is 4.79 Å². The van der Waals surface area contributed by atoms with Crippen molar-refractivity contribution in [3.8, 4) is 0 Å². The highest BCUT2D eigenvalue weighted by Crippen LogP contribution is 2.10. The van der Waals surface area contributed by atoms with E-state index in [1.807, 2.05) is 0 Å². The zero-order chi connectivity index (χ0) is 13.5. The molecule has 1 fully saturated rings. The number of carbonyl (C=O) groups excluding carboxylic acids is 1. The second-order valence-electron chi connectivity index (χ2n) is 5.56. The molecule has 0 aromatic carbocycles. The molecule has 1 aliphatic rings. The van der Waals surface area contributed by atoms with E-state index in [2.05, 4.69) is 42.8 Å². The Hall–Kier alpha value is -0.320. The van der Waals surface area contributed by atoms with Gasteiger partial charge in [0.15, 0.2) is 0 Å². The van der Waals surface area contributed by atoms with Crippen molar-refractivity contribution in [3.05, 3.63) is 0 Å². The van der Waals surface area contributed by atoms with Crippen LogP contribution in [0.3, 0.4) is 0 Å². The molecule has 1 aliphatic heterocycles. The number of carbonyl (C=O) groups is 1. The molecule has 0 saturated carbocycles. The molecule has 1 N–H and O–H groups in total. The van der Waals surface area contributed by atoms with Gasteiger partial charge in [0, 0.05) is 32.7 Å². The Morgan fingerprint density at radius 1 is 1.21 bits per heavy atom. The Balaban J connectivity index is 0.00000324. The summed E-state index contributed by atoms with van der Waals surface area (Å²) >= 11 is 0. The summed E-state index contributed by atoms with van der Waals surface area (Å²) in [6, 6.07) is 0. The van der Waals surface area contributed by atoms with Gasteiger partial charge in [-0.3, -0.25) is 4.79 Å². The van der Waals surface area contributed by atoms with Gasteiger partial charge >= 0.3 is 0 Å². The van der Waals surface area contributed by atoms with Crippen LogP contribution in [0.15, 0.2) is 0 Å². The predicted octanol–water partition coefficient (Wildman–Crippen LogP) is 1.45. The largest absolute Gasteiger partial charge is 0.341 e. The van der Waals surface area contributed by atoms with Crippen LogP contribution in [0.25, 0.3) is 0 Å². The maximum absolute atomic E-state index is 12.3. The third kappa shape index (κ3) is 6.11. The number of hydrogen-bond donors (Lipinski definition) is 1. The van der Waals surface area contributed by atoms with E-state index in [1.54, 1.807) is 0 Å². The fourth-order valence-corrected chi connectivity index (χ4v) is 2.26. The van der Waals surface area contributed by atoms with Crippen LogP contribution in [0.2, 0.25) is 0 Å². The van der Waals surface area contributed by atoms with Gasteiger partial charge in [0.25, 0.3) is 0 Å². The minimum absolute atomic E-state index is 0. The minimum atomic E-state index is 0. The maximum Gasteiger partial charge on any atom is 0.228 e. The molecule has 114 valence electrons. The molecule has 0 unspecified atom stereocenters. The Labute approximate surface area is 124 Å². The smallest absolute Gasteiger partial charge is 0.228 e. The van der Waals surface area contributed by atoms with Gasteiger partial charge in [0.05, 0.1) is 5.92 Å². The summed E-state index contributed by atoms with van der Waals surface area (Å²) in [5.74, 6) is 1.11. The molecule has 1 amide bonds. The molecule has 0 spiro atoms. The molecule has 0 atom stereocenters. The summed E-state index contributed by atoms with van der Waals surface area (Å²) in [4.78, 5) is 16.8. The number of likely N-dealkylation sites (N-methyl/N-ethyl adjacent to an activating group) is 1. The summed E-state index contributed by atoms with van der Waals surface area (Å²) in [5, 5.41) is 3.18. The lowest BCUT2D eigenvalue weighted by Crippen LogP contribution is -2.53. The predicted molar refractivity (Wildman–Crippen MR) is 82.8 cm³/mol. The SMILES string of the molecule is CCN(CC)CCN(CC(C)C)C(=O)C1CNC1.Cl. The molecular weight excluding hydrogens is 262 g/mol. The third-order valence-corrected chi connectivity index (χ3v) is 3.61. The molecule has 19 heavy (non-hydrogen) atoms. The zero-order valence-corrected chi connectivity index (χ0v) is 13.6. The van der Waals surface area contributed by atoms with Crippen molar-refractivity contribution in [2.75, 3.05) is 45.8 Å². The second-order valence-corrected chi connectivity index (χ2v) is 5.56. The Morgan fingerprint density at radius 3 is 2.16 bits per heavy atom. The molecule has 0 bridgehead atoms. The van der Waals surface area contributed by atoms with Crippen LogP contribution in [0.5, 0.6) is 0 Å². The molecule has 5 heteroatoms. The van der Waals surface area contributed by atoms with Crippen LogP contribution in [0, 0.1) is 11.8 Å². The maximum atomic E-state index is 12.3. The van der Waals surface area contributed by atoms with E-state index in [-0.39, 0.29) is 18.3 Å². The number of nitrogens with one attached hydrogen (secondary N) is 1. The van der Waals surface area contributed by atoms with Crippen LogP contribution in [-0.4, -0.2) is 61.5 Å². The van der Waals surface area contributed by atoms with Gasteiger partial charge in [-0.15, -0.1) is 12.4 Å². The molecule has 1 saturated heterocycles. The number of nitrogens with zero attached hydrogens (tertiary/aromatic N) is 2. The normalized spacial score (nSPS) is 15.3. The van der Waals surface area contributed by atoms with E-state index >= 15 is 0 Å². The second kappa shape index (κ2) is 9.56. The first-order valence-electron chi connectivity index (χ1n) is 7.30. The minimum Gasteiger partial charge on any atom is -0.341 e. The topological polar surface area (TPSA) is 35.6 Å². The first-order chi connectivity index (χ1) is 8.58. The van der Waals surface area contributed by atoms with Crippen LogP contribution in [-0.2, 0) is 4.79 Å². The fourth-order valence-electron chi connectivity index (χ4n) is 2.26. The van der Waals surface area contributed by atoms with Crippen molar-refractivity contribution >= 4 is 18.3 Å². The van der Waals surface area contributed by atoms with Crippen LogP contribution < -0.4 is 5.32 Å². The Bertz CT molecular complexity index is 253. The third-order valence-electron chi connectivity index (χ3n) is 3.61. The highest BCUT2D eigenvalue weighted by Gasteiger charge is 2.29. The van der Waals surface area contributed by atoms with Crippen molar-refractivity contribution < 1.29 is 4.79 Å². The molecule has 0 aromatic rings. The lowest BCUT2D eigenvalue weighted by Gasteiger charge is -2.34. The van der Waals surface area contributed by atoms with Crippen molar-refractivity contribution in [1.29, 1.82) is 0 Å². The monoisotopic (exact) mass is 291 g/mol. The summed E-state index contributed by atoms with van der Waals surface area (Å²) in [6.45, 7) is 15.3. The van der Waals surface area contributed by atoms with E-state index in [4.69, 9.17) is 0 Å². The van der Waals surface area contributed by atoms with E-state index < -0.39 is 0 Å². The van der Waals surface area contributed by atoms with Crippen molar-refractivity contribution in [2.24, 2.45) is 11.8 Å². The summed E-state index contributed by atoms with van der Waals surface area (Å²) in [6.07, 6.45) is 0. The van der Waals surface area contributed by atoms with Gasteiger partial charge in [-0.25, -0.2) is 0 Å². The standard InChI is InChI=1S/C14H29N3O.ClH/c1-5-16(6-2)7-8-17(11-12(3)4)14(18)13-9-15-10-13;/h12-13,15H,5-11H2,1-4H3;1H. The van der Waals surface area contributed by atoms with E-state index in [0.29, 0.717) is 11.8 Å². The first-order valence-corrected chi connectivity index (χ1v) is 7.30. The number of halogens is 1. The van der Waals surface area contributed by atoms with Crippen molar-refractivity contribution in [3.63, 3.8) is 0 Å². The van der Waals surface area contributed by atoms with Gasteiger partial charge in [-0.05, 0) is 19.0 Å². The summed E-state index contributed by atoms with van der Waals surface area (Å²) in [5.41, 5.74) is 0. The van der Waals surface area contributed by atoms with Gasteiger partial charge in [0.1, 0.15) is 0 Å². The molecule has 0 aromatic heterocycles.